The fourth-order valence-electron chi connectivity index (χ4n) is 3.19. The molecule has 3 nitrogen and oxygen atoms in total. The molecule has 1 amide bonds. The van der Waals surface area contributed by atoms with Crippen molar-refractivity contribution >= 4 is 29.1 Å². The van der Waals surface area contributed by atoms with E-state index in [1.54, 1.807) is 12.1 Å². The van der Waals surface area contributed by atoms with Crippen LogP contribution in [-0.4, -0.2) is 23.9 Å². The van der Waals surface area contributed by atoms with Crippen LogP contribution in [0.3, 0.4) is 0 Å². The van der Waals surface area contributed by atoms with E-state index in [0.717, 1.165) is 43.6 Å². The number of nitrogens with one attached hydrogen (secondary N) is 1. The number of carbonyl (C=O) groups is 1. The summed E-state index contributed by atoms with van der Waals surface area (Å²) in [6.07, 6.45) is 1.66. The van der Waals surface area contributed by atoms with Crippen LogP contribution < -0.4 is 5.32 Å². The van der Waals surface area contributed by atoms with E-state index in [2.05, 4.69) is 10.2 Å². The van der Waals surface area contributed by atoms with Crippen LogP contribution in [0.15, 0.2) is 42.5 Å². The lowest BCUT2D eigenvalue weighted by Crippen LogP contribution is -2.40. The zero-order valence-corrected chi connectivity index (χ0v) is 15.9. The van der Waals surface area contributed by atoms with Crippen molar-refractivity contribution in [2.24, 2.45) is 5.92 Å². The Morgan fingerprint density at radius 2 is 1.69 bits per heavy atom. The lowest BCUT2D eigenvalue weighted by molar-refractivity contribution is -0.126. The monoisotopic (exact) mass is 394 g/mol. The average Bonchev–Trinajstić information content (AvgIpc) is 2.65. The molecule has 0 aliphatic carbocycles. The third kappa shape index (κ3) is 5.19. The number of carbonyl (C=O) groups excluding carboxylic acids is 1. The summed E-state index contributed by atoms with van der Waals surface area (Å²) in [4.78, 5) is 14.7. The van der Waals surface area contributed by atoms with Gasteiger partial charge in [-0.2, -0.15) is 0 Å². The van der Waals surface area contributed by atoms with Crippen molar-refractivity contribution in [1.82, 2.24) is 10.2 Å². The van der Waals surface area contributed by atoms with Crippen molar-refractivity contribution in [1.29, 1.82) is 0 Å². The van der Waals surface area contributed by atoms with Gasteiger partial charge in [0, 0.05) is 19.0 Å². The molecule has 1 heterocycles. The van der Waals surface area contributed by atoms with Gasteiger partial charge in [-0.25, -0.2) is 4.39 Å². The normalized spacial score (nSPS) is 15.8. The second kappa shape index (κ2) is 8.85. The first-order valence-corrected chi connectivity index (χ1v) is 9.45. The molecular formula is C20H21Cl2FN2O. The molecule has 1 aliphatic heterocycles. The summed E-state index contributed by atoms with van der Waals surface area (Å²) in [5.41, 5.74) is 2.02. The van der Waals surface area contributed by atoms with Crippen molar-refractivity contribution in [3.63, 3.8) is 0 Å². The molecule has 2 aromatic rings. The minimum atomic E-state index is -0.269. The molecule has 1 aliphatic rings. The van der Waals surface area contributed by atoms with Crippen LogP contribution in [0.25, 0.3) is 0 Å². The van der Waals surface area contributed by atoms with Gasteiger partial charge in [0.25, 0.3) is 0 Å². The highest BCUT2D eigenvalue weighted by atomic mass is 35.5. The van der Waals surface area contributed by atoms with E-state index in [9.17, 15) is 9.18 Å². The van der Waals surface area contributed by atoms with Crippen LogP contribution in [0.1, 0.15) is 24.0 Å². The van der Waals surface area contributed by atoms with E-state index in [-0.39, 0.29) is 17.6 Å². The molecular weight excluding hydrogens is 374 g/mol. The molecule has 2 aromatic carbocycles. The molecule has 0 unspecified atom stereocenters. The van der Waals surface area contributed by atoms with Crippen molar-refractivity contribution < 1.29 is 9.18 Å². The molecule has 0 saturated carbocycles. The molecule has 6 heteroatoms. The van der Waals surface area contributed by atoms with Gasteiger partial charge < -0.3 is 5.32 Å². The Hall–Kier alpha value is -1.62. The molecule has 0 bridgehead atoms. The largest absolute Gasteiger partial charge is 0.352 e. The van der Waals surface area contributed by atoms with E-state index in [4.69, 9.17) is 23.2 Å². The zero-order chi connectivity index (χ0) is 18.5. The first-order valence-electron chi connectivity index (χ1n) is 8.69. The van der Waals surface area contributed by atoms with Crippen LogP contribution in [0.2, 0.25) is 10.0 Å². The average molecular weight is 395 g/mol. The van der Waals surface area contributed by atoms with Crippen LogP contribution in [0.5, 0.6) is 0 Å². The Balaban J connectivity index is 1.44. The number of piperidine rings is 1. The highest BCUT2D eigenvalue weighted by Crippen LogP contribution is 2.25. The molecule has 138 valence electrons. The fraction of sp³-hybridized carbons (Fsp3) is 0.350. The zero-order valence-electron chi connectivity index (χ0n) is 14.4. The second-order valence-corrected chi connectivity index (χ2v) is 7.46. The smallest absolute Gasteiger partial charge is 0.223 e. The molecule has 0 spiro atoms. The van der Waals surface area contributed by atoms with Gasteiger partial charge in [-0.05, 0) is 61.3 Å². The Kier molecular flexibility index (Phi) is 6.52. The number of hydrogen-bond donors (Lipinski definition) is 1. The van der Waals surface area contributed by atoms with E-state index < -0.39 is 0 Å². The summed E-state index contributed by atoms with van der Waals surface area (Å²) in [6.45, 7) is 2.98. The molecule has 0 aromatic heterocycles. The van der Waals surface area contributed by atoms with E-state index in [1.165, 1.54) is 12.1 Å². The third-order valence-electron chi connectivity index (χ3n) is 4.73. The standard InChI is InChI=1S/C20H21Cl2FN2O/c21-18-6-3-15(11-19(18)22)13-25-9-7-16(8-10-25)20(26)24-12-14-1-4-17(23)5-2-14/h1-6,11,16H,7-10,12-13H2,(H,24,26). The maximum atomic E-state index is 12.9. The summed E-state index contributed by atoms with van der Waals surface area (Å²) in [5, 5.41) is 4.09. The Morgan fingerprint density at radius 3 is 2.35 bits per heavy atom. The summed E-state index contributed by atoms with van der Waals surface area (Å²) in [5.74, 6) is -0.168. The van der Waals surface area contributed by atoms with Gasteiger partial charge in [-0.15, -0.1) is 0 Å². The minimum absolute atomic E-state index is 0.0282. The van der Waals surface area contributed by atoms with Gasteiger partial charge >= 0.3 is 0 Å². The third-order valence-corrected chi connectivity index (χ3v) is 5.47. The van der Waals surface area contributed by atoms with Crippen LogP contribution in [0, 0.1) is 11.7 Å². The molecule has 0 radical (unpaired) electrons. The second-order valence-electron chi connectivity index (χ2n) is 6.64. The van der Waals surface area contributed by atoms with Crippen LogP contribution >= 0.6 is 23.2 Å². The highest BCUT2D eigenvalue weighted by Gasteiger charge is 2.24. The predicted molar refractivity (Wildman–Crippen MR) is 103 cm³/mol. The topological polar surface area (TPSA) is 32.3 Å². The summed E-state index contributed by atoms with van der Waals surface area (Å²) < 4.78 is 12.9. The molecule has 3 rings (SSSR count). The predicted octanol–water partition coefficient (Wildman–Crippen LogP) is 4.66. The number of nitrogens with zero attached hydrogens (tertiary/aromatic N) is 1. The first-order chi connectivity index (χ1) is 12.5. The fourth-order valence-corrected chi connectivity index (χ4v) is 3.51. The van der Waals surface area contributed by atoms with Crippen molar-refractivity contribution in [3.8, 4) is 0 Å². The quantitative estimate of drug-likeness (QED) is 0.799. The van der Waals surface area contributed by atoms with E-state index in [0.29, 0.717) is 16.6 Å². The van der Waals surface area contributed by atoms with Crippen LogP contribution in [-0.2, 0) is 17.9 Å². The van der Waals surface area contributed by atoms with Gasteiger partial charge in [0.2, 0.25) is 5.91 Å². The summed E-state index contributed by atoms with van der Waals surface area (Å²) in [7, 11) is 0. The van der Waals surface area contributed by atoms with Gasteiger partial charge in [-0.1, -0.05) is 41.4 Å². The molecule has 1 fully saturated rings. The Morgan fingerprint density at radius 1 is 1.04 bits per heavy atom. The van der Waals surface area contributed by atoms with E-state index in [1.807, 2.05) is 18.2 Å². The Labute approximate surface area is 163 Å². The number of likely N-dealkylation sites (tertiary alicyclic amines) is 1. The van der Waals surface area contributed by atoms with Crippen molar-refractivity contribution in [2.75, 3.05) is 13.1 Å². The van der Waals surface area contributed by atoms with Crippen molar-refractivity contribution in [3.05, 3.63) is 69.5 Å². The van der Waals surface area contributed by atoms with Crippen LogP contribution in [0.4, 0.5) is 4.39 Å². The molecule has 1 saturated heterocycles. The lowest BCUT2D eigenvalue weighted by Gasteiger charge is -2.31. The van der Waals surface area contributed by atoms with Gasteiger partial charge in [0.05, 0.1) is 10.0 Å². The first kappa shape index (κ1) is 19.2. The lowest BCUT2D eigenvalue weighted by atomic mass is 9.95. The van der Waals surface area contributed by atoms with Crippen molar-refractivity contribution in [2.45, 2.75) is 25.9 Å². The maximum Gasteiger partial charge on any atom is 0.223 e. The van der Waals surface area contributed by atoms with Gasteiger partial charge in [0.1, 0.15) is 5.82 Å². The van der Waals surface area contributed by atoms with Gasteiger partial charge in [-0.3, -0.25) is 9.69 Å². The SMILES string of the molecule is O=C(NCc1ccc(F)cc1)C1CCN(Cc2ccc(Cl)c(Cl)c2)CC1. The molecule has 26 heavy (non-hydrogen) atoms. The number of benzene rings is 2. The maximum absolute atomic E-state index is 12.9. The molecule has 0 atom stereocenters. The number of hydrogen-bond acceptors (Lipinski definition) is 2. The summed E-state index contributed by atoms with van der Waals surface area (Å²) in [6, 6.07) is 11.9. The number of halogens is 3. The number of amides is 1. The molecule has 1 N–H and O–H groups in total. The van der Waals surface area contributed by atoms with E-state index >= 15 is 0 Å². The van der Waals surface area contributed by atoms with Gasteiger partial charge in [0.15, 0.2) is 0 Å². The summed E-state index contributed by atoms with van der Waals surface area (Å²) >= 11 is 12.0. The minimum Gasteiger partial charge on any atom is -0.352 e. The number of rotatable bonds is 5. The Bertz CT molecular complexity index is 759. The highest BCUT2D eigenvalue weighted by molar-refractivity contribution is 6.42.